The van der Waals surface area contributed by atoms with Crippen LogP contribution in [-0.2, 0) is 9.53 Å². The predicted octanol–water partition coefficient (Wildman–Crippen LogP) is 1.35. The molecule has 2 atom stereocenters. The molecule has 0 radical (unpaired) electrons. The third-order valence-corrected chi connectivity index (χ3v) is 4.78. The van der Waals surface area contributed by atoms with E-state index in [-0.39, 0.29) is 23.8 Å². The van der Waals surface area contributed by atoms with Gasteiger partial charge in [0.1, 0.15) is 5.69 Å². The minimum atomic E-state index is -0.239. The average molecular weight is 359 g/mol. The lowest BCUT2D eigenvalue weighted by Crippen LogP contribution is -2.38. The van der Waals surface area contributed by atoms with Crippen LogP contribution in [0.25, 0.3) is 11.0 Å². The molecule has 0 spiro atoms. The van der Waals surface area contributed by atoms with Gasteiger partial charge in [0, 0.05) is 26.7 Å². The molecule has 2 unspecified atom stereocenters. The second-order valence-electron chi connectivity index (χ2n) is 6.70. The molecule has 26 heavy (non-hydrogen) atoms. The van der Waals surface area contributed by atoms with Crippen molar-refractivity contribution in [1.82, 2.24) is 25.2 Å². The number of ether oxygens (including phenoxy) is 1. The first-order valence-corrected chi connectivity index (χ1v) is 9.00. The number of fused-ring (bicyclic) bond motifs is 1. The monoisotopic (exact) mass is 359 g/mol. The van der Waals surface area contributed by atoms with Gasteiger partial charge < -0.3 is 19.9 Å². The van der Waals surface area contributed by atoms with Crippen LogP contribution >= 0.6 is 0 Å². The number of nitrogens with zero attached hydrogens (tertiary/aromatic N) is 3. The molecule has 2 amide bonds. The second-order valence-corrected chi connectivity index (χ2v) is 6.70. The highest BCUT2D eigenvalue weighted by Gasteiger charge is 2.29. The topological polar surface area (TPSA) is 100 Å². The molecule has 0 bridgehead atoms. The lowest BCUT2D eigenvalue weighted by Gasteiger charge is -2.24. The molecule has 0 aliphatic carbocycles. The van der Waals surface area contributed by atoms with Crippen LogP contribution in [0.4, 0.5) is 0 Å². The number of pyridine rings is 1. The van der Waals surface area contributed by atoms with Gasteiger partial charge in [-0.1, -0.05) is 6.92 Å². The first-order valence-electron chi connectivity index (χ1n) is 9.00. The molecule has 1 saturated heterocycles. The summed E-state index contributed by atoms with van der Waals surface area (Å²) in [5.74, 6) is -0.271. The maximum atomic E-state index is 12.4. The first kappa shape index (κ1) is 18.3. The summed E-state index contributed by atoms with van der Waals surface area (Å²) in [6.07, 6.45) is 5.85. The second kappa shape index (κ2) is 8.27. The van der Waals surface area contributed by atoms with Crippen molar-refractivity contribution in [2.45, 2.75) is 32.3 Å². The van der Waals surface area contributed by atoms with Gasteiger partial charge >= 0.3 is 0 Å². The predicted molar refractivity (Wildman–Crippen MR) is 96.6 cm³/mol. The number of amides is 2. The number of carbonyl (C=O) groups excluding carboxylic acids is 2. The van der Waals surface area contributed by atoms with E-state index in [0.29, 0.717) is 30.7 Å². The molecule has 2 aromatic heterocycles. The zero-order valence-electron chi connectivity index (χ0n) is 15.2. The van der Waals surface area contributed by atoms with Gasteiger partial charge in [0.15, 0.2) is 0 Å². The summed E-state index contributed by atoms with van der Waals surface area (Å²) in [7, 11) is 1.79. The Kier molecular flexibility index (Phi) is 5.82. The van der Waals surface area contributed by atoms with Crippen molar-refractivity contribution < 1.29 is 14.3 Å². The molecular weight excluding hydrogens is 334 g/mol. The van der Waals surface area contributed by atoms with Crippen LogP contribution in [0.5, 0.6) is 0 Å². The Morgan fingerprint density at radius 3 is 3.08 bits per heavy atom. The Morgan fingerprint density at radius 1 is 1.46 bits per heavy atom. The summed E-state index contributed by atoms with van der Waals surface area (Å²) in [5.41, 5.74) is 1.83. The standard InChI is InChI=1S/C18H25N5O3/c1-12(16-5-3-8-26-16)18(25)23(2)7-4-6-19-17(24)14-9-13-15(10-20-14)22-11-21-13/h9-12,16H,3-8H2,1-2H3,(H,19,24)(H,21,22). The van der Waals surface area contributed by atoms with Crippen LogP contribution in [0.1, 0.15) is 36.7 Å². The molecule has 2 aromatic rings. The van der Waals surface area contributed by atoms with Crippen LogP contribution in [-0.4, -0.2) is 64.5 Å². The minimum Gasteiger partial charge on any atom is -0.377 e. The summed E-state index contributed by atoms with van der Waals surface area (Å²) in [6, 6.07) is 1.65. The van der Waals surface area contributed by atoms with E-state index >= 15 is 0 Å². The number of carbonyl (C=O) groups is 2. The largest absolute Gasteiger partial charge is 0.377 e. The molecule has 0 saturated carbocycles. The SMILES string of the molecule is CC(C(=O)N(C)CCCNC(=O)c1cc2nc[nH]c2cn1)C1CCCO1. The highest BCUT2D eigenvalue weighted by molar-refractivity contribution is 5.94. The minimum absolute atomic E-state index is 0.0349. The van der Waals surface area contributed by atoms with Crippen molar-refractivity contribution in [3.8, 4) is 0 Å². The highest BCUT2D eigenvalue weighted by atomic mass is 16.5. The van der Waals surface area contributed by atoms with Crippen LogP contribution in [0.3, 0.4) is 0 Å². The number of hydrogen-bond acceptors (Lipinski definition) is 5. The number of hydrogen-bond donors (Lipinski definition) is 2. The number of H-pyrrole nitrogens is 1. The fourth-order valence-corrected chi connectivity index (χ4v) is 3.18. The van der Waals surface area contributed by atoms with Gasteiger partial charge in [-0.15, -0.1) is 0 Å². The Balaban J connectivity index is 1.41. The van der Waals surface area contributed by atoms with E-state index in [1.165, 1.54) is 0 Å². The Morgan fingerprint density at radius 2 is 2.31 bits per heavy atom. The Bertz CT molecular complexity index is 769. The van der Waals surface area contributed by atoms with E-state index < -0.39 is 0 Å². The molecule has 2 N–H and O–H groups in total. The van der Waals surface area contributed by atoms with Crippen molar-refractivity contribution in [2.75, 3.05) is 26.7 Å². The zero-order chi connectivity index (χ0) is 18.5. The third kappa shape index (κ3) is 4.19. The lowest BCUT2D eigenvalue weighted by molar-refractivity contribution is -0.137. The summed E-state index contributed by atoms with van der Waals surface area (Å²) >= 11 is 0. The Labute approximate surface area is 152 Å². The molecule has 140 valence electrons. The van der Waals surface area contributed by atoms with Crippen molar-refractivity contribution in [3.63, 3.8) is 0 Å². The van der Waals surface area contributed by atoms with Crippen LogP contribution in [0.15, 0.2) is 18.6 Å². The van der Waals surface area contributed by atoms with Gasteiger partial charge in [0.05, 0.1) is 35.6 Å². The van der Waals surface area contributed by atoms with Crippen LogP contribution in [0.2, 0.25) is 0 Å². The summed E-state index contributed by atoms with van der Waals surface area (Å²) in [5, 5.41) is 2.83. The molecule has 8 heteroatoms. The van der Waals surface area contributed by atoms with E-state index in [2.05, 4.69) is 20.3 Å². The van der Waals surface area contributed by atoms with Crippen molar-refractivity contribution >= 4 is 22.8 Å². The third-order valence-electron chi connectivity index (χ3n) is 4.78. The Hall–Kier alpha value is -2.48. The van der Waals surface area contributed by atoms with E-state index in [4.69, 9.17) is 4.74 Å². The maximum Gasteiger partial charge on any atom is 0.269 e. The van der Waals surface area contributed by atoms with Crippen molar-refractivity contribution in [1.29, 1.82) is 0 Å². The summed E-state index contributed by atoms with van der Waals surface area (Å²) < 4.78 is 5.60. The van der Waals surface area contributed by atoms with E-state index in [1.54, 1.807) is 30.5 Å². The fraction of sp³-hybridized carbons (Fsp3) is 0.556. The average Bonchev–Trinajstić information content (AvgIpc) is 3.34. The van der Waals surface area contributed by atoms with Gasteiger partial charge in [-0.3, -0.25) is 9.59 Å². The van der Waals surface area contributed by atoms with Crippen LogP contribution < -0.4 is 5.32 Å². The number of aromatic nitrogens is 3. The van der Waals surface area contributed by atoms with E-state index in [9.17, 15) is 9.59 Å². The number of rotatable bonds is 7. The first-order chi connectivity index (χ1) is 12.6. The molecule has 0 aromatic carbocycles. The van der Waals surface area contributed by atoms with E-state index in [0.717, 1.165) is 25.0 Å². The van der Waals surface area contributed by atoms with E-state index in [1.807, 2.05) is 6.92 Å². The van der Waals surface area contributed by atoms with Crippen molar-refractivity contribution in [2.24, 2.45) is 5.92 Å². The lowest BCUT2D eigenvalue weighted by atomic mass is 10.0. The molecule has 1 aliphatic heterocycles. The molecule has 3 heterocycles. The van der Waals surface area contributed by atoms with Gasteiger partial charge in [0.2, 0.25) is 5.91 Å². The summed E-state index contributed by atoms with van der Waals surface area (Å²) in [6.45, 7) is 3.73. The molecule has 8 nitrogen and oxygen atoms in total. The van der Waals surface area contributed by atoms with Gasteiger partial charge in [-0.25, -0.2) is 9.97 Å². The normalized spacial score (nSPS) is 18.0. The molecular formula is C18H25N5O3. The molecule has 1 aliphatic rings. The highest BCUT2D eigenvalue weighted by Crippen LogP contribution is 2.21. The fourth-order valence-electron chi connectivity index (χ4n) is 3.18. The maximum absolute atomic E-state index is 12.4. The van der Waals surface area contributed by atoms with Gasteiger partial charge in [0.25, 0.3) is 5.91 Å². The van der Waals surface area contributed by atoms with Crippen LogP contribution in [0, 0.1) is 5.92 Å². The number of aromatic amines is 1. The van der Waals surface area contributed by atoms with Gasteiger partial charge in [-0.05, 0) is 25.3 Å². The molecule has 3 rings (SSSR count). The molecule has 1 fully saturated rings. The quantitative estimate of drug-likeness (QED) is 0.727. The summed E-state index contributed by atoms with van der Waals surface area (Å²) in [4.78, 5) is 37.5. The smallest absolute Gasteiger partial charge is 0.269 e. The van der Waals surface area contributed by atoms with Crippen molar-refractivity contribution in [3.05, 3.63) is 24.3 Å². The number of imidazole rings is 1. The number of nitrogens with one attached hydrogen (secondary N) is 2. The van der Waals surface area contributed by atoms with Gasteiger partial charge in [-0.2, -0.15) is 0 Å². The zero-order valence-corrected chi connectivity index (χ0v) is 15.2.